The summed E-state index contributed by atoms with van der Waals surface area (Å²) in [6.07, 6.45) is 3.32. The largest absolute Gasteiger partial charge is 0.369 e. The zero-order chi connectivity index (χ0) is 16.4. The van der Waals surface area contributed by atoms with Crippen LogP contribution in [-0.2, 0) is 14.8 Å². The van der Waals surface area contributed by atoms with Crippen LogP contribution in [0.3, 0.4) is 0 Å². The van der Waals surface area contributed by atoms with Gasteiger partial charge in [-0.3, -0.25) is 0 Å². The second-order valence-electron chi connectivity index (χ2n) is 6.48. The monoisotopic (exact) mass is 339 g/mol. The predicted molar refractivity (Wildman–Crippen MR) is 90.0 cm³/mol. The maximum Gasteiger partial charge on any atom is 0.217 e. The Kier molecular flexibility index (Phi) is 4.89. The Bertz CT molecular complexity index is 642. The van der Waals surface area contributed by atoms with Crippen molar-refractivity contribution in [3.8, 4) is 0 Å². The van der Waals surface area contributed by atoms with Crippen molar-refractivity contribution in [1.82, 2.24) is 9.29 Å². The van der Waals surface area contributed by atoms with Gasteiger partial charge in [0.2, 0.25) is 10.0 Å². The van der Waals surface area contributed by atoms with Gasteiger partial charge >= 0.3 is 0 Å². The van der Waals surface area contributed by atoms with Gasteiger partial charge in [-0.1, -0.05) is 18.9 Å². The zero-order valence-corrected chi connectivity index (χ0v) is 14.6. The number of hydrogen-bond donors (Lipinski definition) is 0. The lowest BCUT2D eigenvalue weighted by molar-refractivity contribution is -0.00515. The summed E-state index contributed by atoms with van der Waals surface area (Å²) in [7, 11) is 0.656. The van der Waals surface area contributed by atoms with Crippen molar-refractivity contribution in [2.75, 3.05) is 38.7 Å². The third-order valence-electron chi connectivity index (χ3n) is 4.66. The minimum Gasteiger partial charge on any atom is -0.369 e. The van der Waals surface area contributed by atoms with Gasteiger partial charge in [0.15, 0.2) is 0 Å². The van der Waals surface area contributed by atoms with Gasteiger partial charge in [0.25, 0.3) is 0 Å². The summed E-state index contributed by atoms with van der Waals surface area (Å²) in [4.78, 5) is 6.52. The highest BCUT2D eigenvalue weighted by Crippen LogP contribution is 2.30. The number of rotatable bonds is 4. The van der Waals surface area contributed by atoms with Gasteiger partial charge in [-0.2, -0.15) is 4.31 Å². The molecule has 1 atom stereocenters. The Hall–Kier alpha value is -1.18. The molecule has 6 nitrogen and oxygen atoms in total. The van der Waals surface area contributed by atoms with Crippen LogP contribution in [-0.4, -0.2) is 56.7 Å². The topological polar surface area (TPSA) is 62.7 Å². The molecule has 1 aromatic rings. The van der Waals surface area contributed by atoms with Crippen LogP contribution in [0.4, 0.5) is 5.82 Å². The van der Waals surface area contributed by atoms with Crippen LogP contribution < -0.4 is 4.90 Å². The van der Waals surface area contributed by atoms with E-state index in [0.29, 0.717) is 19.7 Å². The van der Waals surface area contributed by atoms with E-state index in [4.69, 9.17) is 4.74 Å². The number of sulfonamides is 1. The number of hydrogen-bond acceptors (Lipinski definition) is 5. The van der Waals surface area contributed by atoms with E-state index in [-0.39, 0.29) is 11.4 Å². The summed E-state index contributed by atoms with van der Waals surface area (Å²) in [6, 6.07) is 5.77. The standard InChI is InChI=1S/C16H25N3O3S/c1-18(2)16-9-5-8-14(17-16)15-12-19(10-11-22-15)23(20,21)13-6-3-4-7-13/h5,8-9,13,15H,3-4,6-7,10-12H2,1-2H3/t15-/m0/s1. The Morgan fingerprint density at radius 3 is 2.70 bits per heavy atom. The number of pyridine rings is 1. The lowest BCUT2D eigenvalue weighted by Gasteiger charge is -2.33. The fourth-order valence-corrected chi connectivity index (χ4v) is 5.32. The second-order valence-corrected chi connectivity index (χ2v) is 8.70. The molecule has 1 saturated heterocycles. The van der Waals surface area contributed by atoms with Crippen LogP contribution in [0, 0.1) is 0 Å². The minimum atomic E-state index is -3.21. The summed E-state index contributed by atoms with van der Waals surface area (Å²) in [6.45, 7) is 1.23. The van der Waals surface area contributed by atoms with Crippen molar-refractivity contribution in [2.45, 2.75) is 37.0 Å². The van der Waals surface area contributed by atoms with Crippen molar-refractivity contribution in [3.63, 3.8) is 0 Å². The molecule has 0 radical (unpaired) electrons. The second kappa shape index (κ2) is 6.75. The molecule has 1 saturated carbocycles. The van der Waals surface area contributed by atoms with Crippen LogP contribution in [0.5, 0.6) is 0 Å². The van der Waals surface area contributed by atoms with Gasteiger partial charge in [0.1, 0.15) is 11.9 Å². The first kappa shape index (κ1) is 16.7. The van der Waals surface area contributed by atoms with Gasteiger partial charge in [0, 0.05) is 27.2 Å². The van der Waals surface area contributed by atoms with Crippen molar-refractivity contribution in [1.29, 1.82) is 0 Å². The molecule has 7 heteroatoms. The normalized spacial score (nSPS) is 24.0. The molecule has 128 valence electrons. The maximum absolute atomic E-state index is 12.8. The molecular formula is C16H25N3O3S. The molecule has 0 amide bonds. The fourth-order valence-electron chi connectivity index (χ4n) is 3.30. The van der Waals surface area contributed by atoms with E-state index in [1.165, 1.54) is 0 Å². The molecule has 0 bridgehead atoms. The highest BCUT2D eigenvalue weighted by Gasteiger charge is 2.37. The molecule has 1 aromatic heterocycles. The highest BCUT2D eigenvalue weighted by molar-refractivity contribution is 7.89. The molecule has 0 spiro atoms. The van der Waals surface area contributed by atoms with E-state index in [0.717, 1.165) is 37.2 Å². The highest BCUT2D eigenvalue weighted by atomic mass is 32.2. The Labute approximate surface area is 138 Å². The average Bonchev–Trinajstić information content (AvgIpc) is 3.10. The maximum atomic E-state index is 12.8. The lowest BCUT2D eigenvalue weighted by atomic mass is 10.2. The summed E-state index contributed by atoms with van der Waals surface area (Å²) < 4.78 is 33.0. The van der Waals surface area contributed by atoms with Crippen LogP contribution >= 0.6 is 0 Å². The van der Waals surface area contributed by atoms with Crippen LogP contribution in [0.25, 0.3) is 0 Å². The molecule has 2 heterocycles. The molecule has 0 N–H and O–H groups in total. The van der Waals surface area contributed by atoms with E-state index >= 15 is 0 Å². The van der Waals surface area contributed by atoms with Crippen molar-refractivity contribution >= 4 is 15.8 Å². The van der Waals surface area contributed by atoms with Gasteiger partial charge in [-0.05, 0) is 25.0 Å². The summed E-state index contributed by atoms with van der Waals surface area (Å²) >= 11 is 0. The molecule has 1 aliphatic heterocycles. The fraction of sp³-hybridized carbons (Fsp3) is 0.688. The number of aromatic nitrogens is 1. The van der Waals surface area contributed by atoms with E-state index in [1.54, 1.807) is 4.31 Å². The van der Waals surface area contributed by atoms with Gasteiger partial charge in [0.05, 0.1) is 17.6 Å². The Morgan fingerprint density at radius 2 is 2.00 bits per heavy atom. The molecule has 23 heavy (non-hydrogen) atoms. The van der Waals surface area contributed by atoms with E-state index in [1.807, 2.05) is 37.2 Å². The Balaban J connectivity index is 1.77. The lowest BCUT2D eigenvalue weighted by Crippen LogP contribution is -2.45. The quantitative estimate of drug-likeness (QED) is 0.837. The van der Waals surface area contributed by atoms with Crippen molar-refractivity contribution in [3.05, 3.63) is 23.9 Å². The number of anilines is 1. The third kappa shape index (κ3) is 3.51. The van der Waals surface area contributed by atoms with Crippen LogP contribution in [0.15, 0.2) is 18.2 Å². The number of ether oxygens (including phenoxy) is 1. The Morgan fingerprint density at radius 1 is 1.26 bits per heavy atom. The molecular weight excluding hydrogens is 314 g/mol. The summed E-state index contributed by atoms with van der Waals surface area (Å²) in [5.41, 5.74) is 0.794. The molecule has 2 aliphatic rings. The van der Waals surface area contributed by atoms with Gasteiger partial charge < -0.3 is 9.64 Å². The van der Waals surface area contributed by atoms with Crippen molar-refractivity contribution in [2.24, 2.45) is 0 Å². The first-order valence-corrected chi connectivity index (χ1v) is 9.73. The van der Waals surface area contributed by atoms with Crippen molar-refractivity contribution < 1.29 is 13.2 Å². The average molecular weight is 339 g/mol. The minimum absolute atomic E-state index is 0.206. The van der Waals surface area contributed by atoms with Gasteiger partial charge in [-0.15, -0.1) is 0 Å². The van der Waals surface area contributed by atoms with E-state index in [2.05, 4.69) is 4.98 Å². The van der Waals surface area contributed by atoms with E-state index in [9.17, 15) is 8.42 Å². The first-order valence-electron chi connectivity index (χ1n) is 8.23. The molecule has 3 rings (SSSR count). The smallest absolute Gasteiger partial charge is 0.217 e. The van der Waals surface area contributed by atoms with E-state index < -0.39 is 10.0 Å². The predicted octanol–water partition coefficient (Wildman–Crippen LogP) is 1.79. The first-order chi connectivity index (χ1) is 11.0. The number of morpholine rings is 1. The molecule has 0 unspecified atom stereocenters. The van der Waals surface area contributed by atoms with Gasteiger partial charge in [-0.25, -0.2) is 13.4 Å². The summed E-state index contributed by atoms with van der Waals surface area (Å²) in [5.74, 6) is 0.849. The van der Waals surface area contributed by atoms with Crippen LogP contribution in [0.2, 0.25) is 0 Å². The molecule has 1 aliphatic carbocycles. The zero-order valence-electron chi connectivity index (χ0n) is 13.8. The summed E-state index contributed by atoms with van der Waals surface area (Å²) in [5, 5.41) is -0.206. The number of nitrogens with zero attached hydrogens (tertiary/aromatic N) is 3. The van der Waals surface area contributed by atoms with Crippen LogP contribution in [0.1, 0.15) is 37.5 Å². The third-order valence-corrected chi connectivity index (χ3v) is 7.02. The SMILES string of the molecule is CN(C)c1cccc([C@@H]2CN(S(=O)(=O)C3CCCC3)CCO2)n1. The molecule has 0 aromatic carbocycles. The molecule has 2 fully saturated rings.